The summed E-state index contributed by atoms with van der Waals surface area (Å²) in [6, 6.07) is 12.3. The zero-order valence-electron chi connectivity index (χ0n) is 16.6. The van der Waals surface area contributed by atoms with Crippen LogP contribution in [0.1, 0.15) is 30.9 Å². The van der Waals surface area contributed by atoms with E-state index in [-0.39, 0.29) is 5.91 Å². The molecule has 0 atom stereocenters. The fourth-order valence-electron chi connectivity index (χ4n) is 4.00. The molecule has 1 aliphatic heterocycles. The van der Waals surface area contributed by atoms with Crippen molar-refractivity contribution in [3.8, 4) is 16.9 Å². The lowest BCUT2D eigenvalue weighted by Crippen LogP contribution is -2.25. The highest BCUT2D eigenvalue weighted by atomic mass is 16.5. The number of carbonyl (C=O) groups is 1. The number of hydrogen-bond donors (Lipinski definition) is 0. The molecule has 1 aliphatic rings. The smallest absolute Gasteiger partial charge is 0.246 e. The van der Waals surface area contributed by atoms with Gasteiger partial charge in [0.25, 0.3) is 0 Å². The minimum Gasteiger partial charge on any atom is -0.496 e. The van der Waals surface area contributed by atoms with Gasteiger partial charge >= 0.3 is 0 Å². The molecule has 0 unspecified atom stereocenters. The molecule has 0 radical (unpaired) electrons. The number of fused-ring (bicyclic) bond motifs is 1. The number of carbonyl (C=O) groups excluding carboxylic acids is 1. The van der Waals surface area contributed by atoms with Crippen LogP contribution in [0.5, 0.6) is 5.75 Å². The normalized spacial score (nSPS) is 14.7. The van der Waals surface area contributed by atoms with Gasteiger partial charge in [0.1, 0.15) is 11.3 Å². The number of methoxy groups -OCH3 is 1. The van der Waals surface area contributed by atoms with Gasteiger partial charge in [-0.25, -0.2) is 0 Å². The molecule has 4 rings (SSSR count). The Kier molecular flexibility index (Phi) is 4.95. The van der Waals surface area contributed by atoms with Crippen LogP contribution < -0.4 is 4.74 Å². The molecule has 3 aromatic rings. The quantitative estimate of drug-likeness (QED) is 0.570. The number of ether oxygens (including phenoxy) is 1. The summed E-state index contributed by atoms with van der Waals surface area (Å²) in [6.45, 7) is 5.66. The first-order valence-corrected chi connectivity index (χ1v) is 9.72. The van der Waals surface area contributed by atoms with E-state index in [0.29, 0.717) is 0 Å². The van der Waals surface area contributed by atoms with Crippen LogP contribution in [0.2, 0.25) is 0 Å². The zero-order chi connectivity index (χ0) is 19.7. The summed E-state index contributed by atoms with van der Waals surface area (Å²) in [5.74, 6) is 0.828. The van der Waals surface area contributed by atoms with E-state index in [1.54, 1.807) is 19.4 Å². The number of nitrogens with zero attached hydrogens (tertiary/aromatic N) is 1. The maximum Gasteiger partial charge on any atom is 0.246 e. The van der Waals surface area contributed by atoms with Gasteiger partial charge in [0.05, 0.1) is 13.4 Å². The molecular weight excluding hydrogens is 350 g/mol. The van der Waals surface area contributed by atoms with Crippen LogP contribution in [0, 0.1) is 6.92 Å². The molecule has 4 nitrogen and oxygen atoms in total. The highest BCUT2D eigenvalue weighted by molar-refractivity contribution is 6.01. The topological polar surface area (TPSA) is 42.7 Å². The van der Waals surface area contributed by atoms with Crippen molar-refractivity contribution in [1.82, 2.24) is 4.90 Å². The summed E-state index contributed by atoms with van der Waals surface area (Å²) in [5, 5.41) is 1.03. The number of allylic oxidation sites excluding steroid dienone is 1. The Labute approximate surface area is 165 Å². The van der Waals surface area contributed by atoms with E-state index in [1.807, 2.05) is 36.9 Å². The van der Waals surface area contributed by atoms with Gasteiger partial charge in [-0.15, -0.1) is 0 Å². The Morgan fingerprint density at radius 2 is 1.89 bits per heavy atom. The van der Waals surface area contributed by atoms with Crippen molar-refractivity contribution in [2.24, 2.45) is 0 Å². The molecule has 2 aromatic carbocycles. The van der Waals surface area contributed by atoms with Crippen molar-refractivity contribution in [3.05, 3.63) is 59.9 Å². The molecule has 0 spiro atoms. The highest BCUT2D eigenvalue weighted by Gasteiger charge is 2.20. The van der Waals surface area contributed by atoms with Crippen LogP contribution in [0.4, 0.5) is 0 Å². The molecule has 0 saturated carbocycles. The minimum atomic E-state index is 0.0743. The molecular formula is C24H25NO3. The van der Waals surface area contributed by atoms with Gasteiger partial charge < -0.3 is 14.1 Å². The zero-order valence-corrected chi connectivity index (χ0v) is 16.6. The molecule has 0 bridgehead atoms. The number of hydrogen-bond acceptors (Lipinski definition) is 3. The SMILES string of the molecule is COc1c(/C(C)=C/C(=O)N2CCCC2)cc2c(-c3ccccc3)coc2c1C. The Morgan fingerprint density at radius 3 is 2.57 bits per heavy atom. The Morgan fingerprint density at radius 1 is 1.18 bits per heavy atom. The largest absolute Gasteiger partial charge is 0.496 e. The van der Waals surface area contributed by atoms with E-state index in [9.17, 15) is 4.79 Å². The molecule has 0 aliphatic carbocycles. The molecule has 1 saturated heterocycles. The number of amides is 1. The third kappa shape index (κ3) is 3.19. The molecule has 1 aromatic heterocycles. The Bertz CT molecular complexity index is 1040. The minimum absolute atomic E-state index is 0.0743. The second-order valence-electron chi connectivity index (χ2n) is 7.33. The fraction of sp³-hybridized carbons (Fsp3) is 0.292. The van der Waals surface area contributed by atoms with Crippen LogP contribution in [0.3, 0.4) is 0 Å². The van der Waals surface area contributed by atoms with Crippen LogP contribution in [0.25, 0.3) is 27.7 Å². The number of furan rings is 1. The highest BCUT2D eigenvalue weighted by Crippen LogP contribution is 2.40. The first kappa shape index (κ1) is 18.4. The number of benzene rings is 2. The predicted molar refractivity (Wildman–Crippen MR) is 112 cm³/mol. The molecule has 1 amide bonds. The Balaban J connectivity index is 1.84. The number of rotatable bonds is 4. The molecule has 4 heteroatoms. The summed E-state index contributed by atoms with van der Waals surface area (Å²) in [6.07, 6.45) is 5.70. The molecule has 0 N–H and O–H groups in total. The maximum absolute atomic E-state index is 12.6. The van der Waals surface area contributed by atoms with Gasteiger partial charge in [-0.05, 0) is 43.9 Å². The molecule has 2 heterocycles. The van der Waals surface area contributed by atoms with Gasteiger partial charge in [0, 0.05) is 41.2 Å². The average Bonchev–Trinajstić information content (AvgIpc) is 3.38. The molecule has 1 fully saturated rings. The fourth-order valence-corrected chi connectivity index (χ4v) is 4.00. The standard InChI is InChI=1S/C24H25NO3/c1-16(13-22(26)25-11-7-8-12-25)19-14-20-21(18-9-5-4-6-10-18)15-28-24(20)17(2)23(19)27-3/h4-6,9-10,13-15H,7-8,11-12H2,1-3H3/b16-13+. The van der Waals surface area contributed by atoms with Crippen LogP contribution in [-0.4, -0.2) is 31.0 Å². The van der Waals surface area contributed by atoms with Gasteiger partial charge in [0.2, 0.25) is 5.91 Å². The van der Waals surface area contributed by atoms with E-state index in [0.717, 1.165) is 70.5 Å². The van der Waals surface area contributed by atoms with Crippen molar-refractivity contribution in [2.45, 2.75) is 26.7 Å². The summed E-state index contributed by atoms with van der Waals surface area (Å²) in [4.78, 5) is 14.5. The van der Waals surface area contributed by atoms with E-state index >= 15 is 0 Å². The van der Waals surface area contributed by atoms with Gasteiger partial charge in [0.15, 0.2) is 0 Å². The van der Waals surface area contributed by atoms with Gasteiger partial charge in [-0.2, -0.15) is 0 Å². The van der Waals surface area contributed by atoms with E-state index in [2.05, 4.69) is 18.2 Å². The van der Waals surface area contributed by atoms with Crippen molar-refractivity contribution in [3.63, 3.8) is 0 Å². The van der Waals surface area contributed by atoms with Crippen LogP contribution >= 0.6 is 0 Å². The average molecular weight is 375 g/mol. The lowest BCUT2D eigenvalue weighted by Gasteiger charge is -2.15. The lowest BCUT2D eigenvalue weighted by atomic mass is 9.96. The van der Waals surface area contributed by atoms with Gasteiger partial charge in [-0.1, -0.05) is 30.3 Å². The van der Waals surface area contributed by atoms with E-state index in [1.165, 1.54) is 0 Å². The summed E-state index contributed by atoms with van der Waals surface area (Å²) in [7, 11) is 1.66. The summed E-state index contributed by atoms with van der Waals surface area (Å²) < 4.78 is 11.6. The van der Waals surface area contributed by atoms with Crippen molar-refractivity contribution in [2.75, 3.05) is 20.2 Å². The first-order valence-electron chi connectivity index (χ1n) is 9.72. The third-order valence-corrected chi connectivity index (χ3v) is 5.52. The maximum atomic E-state index is 12.6. The number of likely N-dealkylation sites (tertiary alicyclic amines) is 1. The first-order chi connectivity index (χ1) is 13.6. The summed E-state index contributed by atoms with van der Waals surface area (Å²) >= 11 is 0. The van der Waals surface area contributed by atoms with E-state index < -0.39 is 0 Å². The predicted octanol–water partition coefficient (Wildman–Crippen LogP) is 5.44. The van der Waals surface area contributed by atoms with Crippen LogP contribution in [-0.2, 0) is 4.79 Å². The van der Waals surface area contributed by atoms with Crippen molar-refractivity contribution in [1.29, 1.82) is 0 Å². The second-order valence-corrected chi connectivity index (χ2v) is 7.33. The molecule has 28 heavy (non-hydrogen) atoms. The Hall–Kier alpha value is -3.01. The number of aryl methyl sites for hydroxylation is 1. The molecule has 144 valence electrons. The van der Waals surface area contributed by atoms with Crippen molar-refractivity contribution >= 4 is 22.4 Å². The monoisotopic (exact) mass is 375 g/mol. The van der Waals surface area contributed by atoms with Crippen molar-refractivity contribution < 1.29 is 13.9 Å². The lowest BCUT2D eigenvalue weighted by molar-refractivity contribution is -0.124. The second kappa shape index (κ2) is 7.55. The summed E-state index contributed by atoms with van der Waals surface area (Å²) in [5.41, 5.74) is 5.74. The van der Waals surface area contributed by atoms with Crippen LogP contribution in [0.15, 0.2) is 53.2 Å². The van der Waals surface area contributed by atoms with Gasteiger partial charge in [-0.3, -0.25) is 4.79 Å². The third-order valence-electron chi connectivity index (χ3n) is 5.52. The van der Waals surface area contributed by atoms with E-state index in [4.69, 9.17) is 9.15 Å².